The molecule has 0 aliphatic heterocycles. The smallest absolute Gasteiger partial charge is 0.338 e. The fourth-order valence-corrected chi connectivity index (χ4v) is 2.51. The molecular weight excluding hydrogens is 269 g/mol. The van der Waals surface area contributed by atoms with Crippen molar-refractivity contribution >= 4 is 16.9 Å². The molecule has 106 valence electrons. The third kappa shape index (κ3) is 2.40. The lowest BCUT2D eigenvalue weighted by molar-refractivity contribution is 0.0691. The molecule has 0 aliphatic rings. The van der Waals surface area contributed by atoms with E-state index in [2.05, 4.69) is 6.07 Å². The minimum absolute atomic E-state index is 0.292. The molecule has 0 unspecified atom stereocenters. The second-order valence-electron chi connectivity index (χ2n) is 5.09. The van der Waals surface area contributed by atoms with E-state index in [9.17, 15) is 9.18 Å². The van der Waals surface area contributed by atoms with Gasteiger partial charge in [0.1, 0.15) is 5.82 Å². The van der Waals surface area contributed by atoms with Crippen molar-refractivity contribution in [1.82, 2.24) is 4.57 Å². The number of benzene rings is 2. The molecule has 0 fully saturated rings. The normalized spacial score (nSPS) is 11.0. The van der Waals surface area contributed by atoms with E-state index >= 15 is 0 Å². The highest BCUT2D eigenvalue weighted by Gasteiger charge is 2.14. The van der Waals surface area contributed by atoms with Crippen LogP contribution < -0.4 is 0 Å². The maximum atomic E-state index is 14.2. The van der Waals surface area contributed by atoms with Gasteiger partial charge in [0.05, 0.1) is 12.1 Å². The minimum atomic E-state index is -1.25. The molecule has 0 atom stereocenters. The average Bonchev–Trinajstić information content (AvgIpc) is 2.83. The van der Waals surface area contributed by atoms with Crippen LogP contribution in [0, 0.1) is 12.7 Å². The Kier molecular flexibility index (Phi) is 3.22. The monoisotopic (exact) mass is 283 g/mol. The van der Waals surface area contributed by atoms with E-state index in [1.54, 1.807) is 12.1 Å². The van der Waals surface area contributed by atoms with Crippen LogP contribution in [0.1, 0.15) is 21.5 Å². The Balaban J connectivity index is 2.03. The van der Waals surface area contributed by atoms with Crippen LogP contribution in [-0.4, -0.2) is 15.6 Å². The van der Waals surface area contributed by atoms with Gasteiger partial charge in [-0.05, 0) is 36.6 Å². The minimum Gasteiger partial charge on any atom is -0.478 e. The Morgan fingerprint density at radius 3 is 2.81 bits per heavy atom. The Morgan fingerprint density at radius 1 is 1.24 bits per heavy atom. The fourth-order valence-electron chi connectivity index (χ4n) is 2.51. The maximum absolute atomic E-state index is 14.2. The highest BCUT2D eigenvalue weighted by Crippen LogP contribution is 2.20. The van der Waals surface area contributed by atoms with Crippen molar-refractivity contribution in [3.8, 4) is 0 Å². The lowest BCUT2D eigenvalue weighted by Gasteiger charge is -2.08. The second-order valence-corrected chi connectivity index (χ2v) is 5.09. The first-order chi connectivity index (χ1) is 10.1. The second kappa shape index (κ2) is 5.05. The molecule has 2 aromatic carbocycles. The third-order valence-electron chi connectivity index (χ3n) is 3.58. The summed E-state index contributed by atoms with van der Waals surface area (Å²) in [5.41, 5.74) is 2.24. The van der Waals surface area contributed by atoms with E-state index in [1.807, 2.05) is 35.9 Å². The number of carbonyl (C=O) groups is 1. The molecule has 3 nitrogen and oxygen atoms in total. The molecule has 0 radical (unpaired) electrons. The van der Waals surface area contributed by atoms with Crippen LogP contribution in [0.15, 0.2) is 48.7 Å². The molecule has 0 amide bonds. The predicted octanol–water partition coefficient (Wildman–Crippen LogP) is 3.84. The largest absolute Gasteiger partial charge is 0.478 e. The zero-order chi connectivity index (χ0) is 15.0. The van der Waals surface area contributed by atoms with Crippen LogP contribution in [0.25, 0.3) is 10.9 Å². The molecular formula is C17H14FNO2. The molecule has 1 heterocycles. The zero-order valence-corrected chi connectivity index (χ0v) is 11.5. The van der Waals surface area contributed by atoms with Crippen LogP contribution in [0.4, 0.5) is 4.39 Å². The van der Waals surface area contributed by atoms with Crippen molar-refractivity contribution in [2.45, 2.75) is 13.5 Å². The average molecular weight is 283 g/mol. The Morgan fingerprint density at radius 2 is 2.05 bits per heavy atom. The van der Waals surface area contributed by atoms with Crippen LogP contribution in [0.5, 0.6) is 0 Å². The van der Waals surface area contributed by atoms with Crippen molar-refractivity contribution in [3.63, 3.8) is 0 Å². The molecule has 0 bridgehead atoms. The number of aromatic carboxylic acids is 1. The van der Waals surface area contributed by atoms with Gasteiger partial charge in [0.2, 0.25) is 0 Å². The van der Waals surface area contributed by atoms with E-state index in [0.29, 0.717) is 12.1 Å². The highest BCUT2D eigenvalue weighted by molar-refractivity contribution is 5.88. The molecule has 0 saturated carbocycles. The molecule has 3 aromatic rings. The van der Waals surface area contributed by atoms with E-state index in [-0.39, 0.29) is 5.56 Å². The first kappa shape index (κ1) is 13.4. The van der Waals surface area contributed by atoms with E-state index in [1.165, 1.54) is 11.6 Å². The zero-order valence-electron chi connectivity index (χ0n) is 11.5. The number of hydrogen-bond donors (Lipinski definition) is 1. The van der Waals surface area contributed by atoms with Crippen LogP contribution in [0.3, 0.4) is 0 Å². The van der Waals surface area contributed by atoms with Gasteiger partial charge >= 0.3 is 5.97 Å². The summed E-state index contributed by atoms with van der Waals surface area (Å²) in [5, 5.41) is 10.1. The lowest BCUT2D eigenvalue weighted by atomic mass is 10.1. The molecule has 0 saturated heterocycles. The summed E-state index contributed by atoms with van der Waals surface area (Å²) >= 11 is 0. The molecule has 3 rings (SSSR count). The molecule has 0 aliphatic carbocycles. The summed E-state index contributed by atoms with van der Waals surface area (Å²) in [7, 11) is 0. The van der Waals surface area contributed by atoms with Gasteiger partial charge in [-0.1, -0.05) is 23.8 Å². The summed E-state index contributed by atoms with van der Waals surface area (Å²) in [4.78, 5) is 11.0. The number of halogens is 1. The number of aromatic nitrogens is 1. The summed E-state index contributed by atoms with van der Waals surface area (Å²) < 4.78 is 16.1. The first-order valence-electron chi connectivity index (χ1n) is 6.62. The molecule has 4 heteroatoms. The van der Waals surface area contributed by atoms with Crippen LogP contribution >= 0.6 is 0 Å². The molecule has 21 heavy (non-hydrogen) atoms. The lowest BCUT2D eigenvalue weighted by Crippen LogP contribution is -2.06. The van der Waals surface area contributed by atoms with E-state index < -0.39 is 11.8 Å². The summed E-state index contributed by atoms with van der Waals surface area (Å²) in [5.74, 6) is -1.92. The number of carboxylic acids is 1. The van der Waals surface area contributed by atoms with Gasteiger partial charge in [-0.15, -0.1) is 0 Å². The van der Waals surface area contributed by atoms with Crippen LogP contribution in [0.2, 0.25) is 0 Å². The van der Waals surface area contributed by atoms with Gasteiger partial charge in [-0.3, -0.25) is 0 Å². The van der Waals surface area contributed by atoms with Gasteiger partial charge in [0, 0.05) is 17.3 Å². The number of rotatable bonds is 3. The number of hydrogen-bond acceptors (Lipinski definition) is 1. The van der Waals surface area contributed by atoms with Gasteiger partial charge < -0.3 is 9.67 Å². The maximum Gasteiger partial charge on any atom is 0.338 e. The standard InChI is InChI=1S/C17H14FNO2/c1-11-5-6-15-12(9-11)7-8-19(15)10-13-3-2-4-14(16(13)18)17(20)21/h2-9H,10H2,1H3,(H,20,21). The Labute approximate surface area is 121 Å². The van der Waals surface area contributed by atoms with Gasteiger partial charge in [-0.25, -0.2) is 9.18 Å². The topological polar surface area (TPSA) is 42.2 Å². The number of carboxylic acid groups (broad SMARTS) is 1. The Hall–Kier alpha value is -2.62. The molecule has 0 spiro atoms. The van der Waals surface area contributed by atoms with Crippen molar-refractivity contribution in [3.05, 3.63) is 71.2 Å². The quantitative estimate of drug-likeness (QED) is 0.793. The predicted molar refractivity (Wildman–Crippen MR) is 79.1 cm³/mol. The van der Waals surface area contributed by atoms with Crippen molar-refractivity contribution in [2.75, 3.05) is 0 Å². The van der Waals surface area contributed by atoms with Gasteiger partial charge in [0.15, 0.2) is 0 Å². The number of nitrogens with zero attached hydrogens (tertiary/aromatic N) is 1. The number of aryl methyl sites for hydroxylation is 1. The molecule has 1 aromatic heterocycles. The van der Waals surface area contributed by atoms with Gasteiger partial charge in [-0.2, -0.15) is 0 Å². The van der Waals surface area contributed by atoms with Gasteiger partial charge in [0.25, 0.3) is 0 Å². The van der Waals surface area contributed by atoms with Crippen molar-refractivity contribution < 1.29 is 14.3 Å². The first-order valence-corrected chi connectivity index (χ1v) is 6.62. The number of fused-ring (bicyclic) bond motifs is 1. The van der Waals surface area contributed by atoms with Crippen LogP contribution in [-0.2, 0) is 6.54 Å². The van der Waals surface area contributed by atoms with E-state index in [0.717, 1.165) is 10.9 Å². The summed E-state index contributed by atoms with van der Waals surface area (Å²) in [6, 6.07) is 12.5. The van der Waals surface area contributed by atoms with Crippen molar-refractivity contribution in [1.29, 1.82) is 0 Å². The van der Waals surface area contributed by atoms with E-state index in [4.69, 9.17) is 5.11 Å². The summed E-state index contributed by atoms with van der Waals surface area (Å²) in [6.07, 6.45) is 1.89. The fraction of sp³-hybridized carbons (Fsp3) is 0.118. The summed E-state index contributed by atoms with van der Waals surface area (Å²) in [6.45, 7) is 2.33. The molecule has 1 N–H and O–H groups in total. The van der Waals surface area contributed by atoms with Crippen molar-refractivity contribution in [2.24, 2.45) is 0 Å². The Bertz CT molecular complexity index is 836. The highest BCUT2D eigenvalue weighted by atomic mass is 19.1. The third-order valence-corrected chi connectivity index (χ3v) is 3.58. The SMILES string of the molecule is Cc1ccc2c(ccn2Cc2cccc(C(=O)O)c2F)c1.